The molecule has 104 valence electrons. The molecule has 0 unspecified atom stereocenters. The predicted octanol–water partition coefficient (Wildman–Crippen LogP) is -1.22. The molecule has 0 saturated carbocycles. The average molecular weight is 342 g/mol. The molecule has 0 atom stereocenters. The van der Waals surface area contributed by atoms with E-state index in [1.54, 1.807) is 0 Å². The summed E-state index contributed by atoms with van der Waals surface area (Å²) in [6, 6.07) is 0.998. The molecule has 1 rings (SSSR count). The van der Waals surface area contributed by atoms with E-state index in [0.29, 0.717) is 18.2 Å². The van der Waals surface area contributed by atoms with Crippen molar-refractivity contribution in [3.63, 3.8) is 0 Å². The Morgan fingerprint density at radius 3 is 0.842 bits per heavy atom. The van der Waals surface area contributed by atoms with Crippen LogP contribution in [0.1, 0.15) is 0 Å². The van der Waals surface area contributed by atoms with Gasteiger partial charge in [-0.1, -0.05) is 0 Å². The summed E-state index contributed by atoms with van der Waals surface area (Å²) in [5.74, 6) is 0. The molecule has 19 heavy (non-hydrogen) atoms. The van der Waals surface area contributed by atoms with Crippen LogP contribution >= 0.6 is 0 Å². The van der Waals surface area contributed by atoms with Gasteiger partial charge in [0.1, 0.15) is 0 Å². The van der Waals surface area contributed by atoms with Crippen LogP contribution < -0.4 is 0 Å². The monoisotopic (exact) mass is 342 g/mol. The molecule has 0 aliphatic carbocycles. The predicted molar refractivity (Wildman–Crippen MR) is 63.0 cm³/mol. The summed E-state index contributed by atoms with van der Waals surface area (Å²) in [5, 5.41) is 0. The van der Waals surface area contributed by atoms with E-state index >= 15 is 0 Å². The summed E-state index contributed by atoms with van der Waals surface area (Å²) in [6.45, 7) is 0. The van der Waals surface area contributed by atoms with E-state index in [-0.39, 0.29) is 29.6 Å². The SMILES string of the molecule is O=S(=O)(O)c1cc(S(=O)(=O)O)cc(S(=O)(=O)O)c1.[NaH]. The van der Waals surface area contributed by atoms with E-state index in [4.69, 9.17) is 13.7 Å². The third-order valence-corrected chi connectivity index (χ3v) is 4.24. The van der Waals surface area contributed by atoms with Crippen LogP contribution in [0, 0.1) is 0 Å². The molecule has 0 bridgehead atoms. The van der Waals surface area contributed by atoms with Crippen molar-refractivity contribution in [1.29, 1.82) is 0 Å². The van der Waals surface area contributed by atoms with Gasteiger partial charge in [-0.05, 0) is 18.2 Å². The number of rotatable bonds is 3. The van der Waals surface area contributed by atoms with Gasteiger partial charge in [-0.2, -0.15) is 25.3 Å². The third-order valence-electron chi connectivity index (χ3n) is 1.75. The van der Waals surface area contributed by atoms with E-state index in [2.05, 4.69) is 0 Å². The molecule has 0 aliphatic heterocycles. The van der Waals surface area contributed by atoms with Crippen LogP contribution in [0.5, 0.6) is 0 Å². The molecule has 3 N–H and O–H groups in total. The Kier molecular flexibility index (Phi) is 5.73. The van der Waals surface area contributed by atoms with E-state index in [1.807, 2.05) is 0 Å². The first-order valence-electron chi connectivity index (χ1n) is 3.89. The number of hydrogen-bond acceptors (Lipinski definition) is 6. The van der Waals surface area contributed by atoms with Crippen molar-refractivity contribution in [3.8, 4) is 0 Å². The van der Waals surface area contributed by atoms with Crippen molar-refractivity contribution in [2.75, 3.05) is 0 Å². The molecule has 0 heterocycles. The van der Waals surface area contributed by atoms with Crippen LogP contribution in [0.3, 0.4) is 0 Å². The molecule has 0 amide bonds. The van der Waals surface area contributed by atoms with Gasteiger partial charge in [0, 0.05) is 0 Å². The van der Waals surface area contributed by atoms with Crippen LogP contribution in [0.4, 0.5) is 0 Å². The first-order valence-corrected chi connectivity index (χ1v) is 8.21. The van der Waals surface area contributed by atoms with Crippen molar-refractivity contribution in [1.82, 2.24) is 0 Å². The molecule has 0 aromatic heterocycles. The van der Waals surface area contributed by atoms with Crippen molar-refractivity contribution in [2.24, 2.45) is 0 Å². The molecule has 13 heteroatoms. The minimum atomic E-state index is -4.92. The molecule has 0 spiro atoms. The van der Waals surface area contributed by atoms with Crippen LogP contribution in [-0.4, -0.2) is 68.5 Å². The second-order valence-corrected chi connectivity index (χ2v) is 7.33. The number of benzene rings is 1. The van der Waals surface area contributed by atoms with E-state index in [1.165, 1.54) is 0 Å². The molecule has 0 fully saturated rings. The summed E-state index contributed by atoms with van der Waals surface area (Å²) >= 11 is 0. The molecule has 9 nitrogen and oxygen atoms in total. The van der Waals surface area contributed by atoms with Gasteiger partial charge in [-0.15, -0.1) is 0 Å². The van der Waals surface area contributed by atoms with Crippen LogP contribution in [0.2, 0.25) is 0 Å². The van der Waals surface area contributed by atoms with Gasteiger partial charge in [0.05, 0.1) is 14.7 Å². The first kappa shape index (κ1) is 18.9. The second kappa shape index (κ2) is 5.75. The fourth-order valence-electron chi connectivity index (χ4n) is 0.992. The average Bonchev–Trinajstić information content (AvgIpc) is 2.13. The van der Waals surface area contributed by atoms with Gasteiger partial charge >= 0.3 is 29.6 Å². The molecular formula is C6H7NaO9S3. The molecule has 0 saturated heterocycles. The van der Waals surface area contributed by atoms with E-state index in [0.717, 1.165) is 0 Å². The van der Waals surface area contributed by atoms with Crippen LogP contribution in [0.25, 0.3) is 0 Å². The summed E-state index contributed by atoms with van der Waals surface area (Å²) in [7, 11) is -14.8. The van der Waals surface area contributed by atoms with Gasteiger partial charge in [0.2, 0.25) is 0 Å². The quantitative estimate of drug-likeness (QED) is 0.451. The van der Waals surface area contributed by atoms with Crippen LogP contribution in [0.15, 0.2) is 32.9 Å². The van der Waals surface area contributed by atoms with Crippen molar-refractivity contribution >= 4 is 59.9 Å². The normalized spacial score (nSPS) is 12.8. The van der Waals surface area contributed by atoms with Gasteiger partial charge in [0.15, 0.2) is 0 Å². The fraction of sp³-hybridized carbons (Fsp3) is 0. The molecular weight excluding hydrogens is 335 g/mol. The zero-order valence-corrected chi connectivity index (χ0v) is 10.7. The van der Waals surface area contributed by atoms with Gasteiger partial charge in [-0.3, -0.25) is 13.7 Å². The van der Waals surface area contributed by atoms with Crippen LogP contribution in [-0.2, 0) is 30.4 Å². The summed E-state index contributed by atoms with van der Waals surface area (Å²) in [4.78, 5) is -3.32. The Morgan fingerprint density at radius 2 is 0.737 bits per heavy atom. The second-order valence-electron chi connectivity index (χ2n) is 3.07. The Labute approximate surface area is 131 Å². The molecule has 0 aliphatic rings. The minimum absolute atomic E-state index is 0. The van der Waals surface area contributed by atoms with Crippen molar-refractivity contribution in [3.05, 3.63) is 18.2 Å². The van der Waals surface area contributed by atoms with Crippen molar-refractivity contribution in [2.45, 2.75) is 14.7 Å². The number of hydrogen-bond donors (Lipinski definition) is 3. The maximum absolute atomic E-state index is 10.8. The summed E-state index contributed by atoms with van der Waals surface area (Å²) in [5.41, 5.74) is 0. The third kappa shape index (κ3) is 5.09. The fourth-order valence-corrected chi connectivity index (χ4v) is 2.87. The van der Waals surface area contributed by atoms with Crippen molar-refractivity contribution < 1.29 is 38.9 Å². The van der Waals surface area contributed by atoms with Gasteiger partial charge in [-0.25, -0.2) is 0 Å². The maximum atomic E-state index is 10.8. The summed E-state index contributed by atoms with van der Waals surface area (Å²) < 4.78 is 90.8. The Morgan fingerprint density at radius 1 is 0.579 bits per heavy atom. The first-order chi connectivity index (χ1) is 7.82. The van der Waals surface area contributed by atoms with Gasteiger partial charge < -0.3 is 0 Å². The summed E-state index contributed by atoms with van der Waals surface area (Å²) in [6.07, 6.45) is 0. The standard InChI is InChI=1S/C6H6O9S3.Na.H/c7-16(8,9)4-1-5(17(10,11)12)3-6(2-4)18(13,14)15;;/h1-3H,(H,7,8,9)(H,10,11,12)(H,13,14,15);;. The molecule has 1 aromatic carbocycles. The Bertz CT molecular complexity index is 669. The Balaban J connectivity index is 0.00000324. The van der Waals surface area contributed by atoms with E-state index < -0.39 is 45.0 Å². The molecule has 1 aromatic rings. The zero-order chi connectivity index (χ0) is 14.4. The molecule has 0 radical (unpaired) electrons. The Hall–Kier alpha value is -0.0500. The van der Waals surface area contributed by atoms with E-state index in [9.17, 15) is 25.3 Å². The van der Waals surface area contributed by atoms with Gasteiger partial charge in [0.25, 0.3) is 30.4 Å². The topological polar surface area (TPSA) is 163 Å². The zero-order valence-electron chi connectivity index (χ0n) is 8.25.